The van der Waals surface area contributed by atoms with Gasteiger partial charge in [-0.15, -0.1) is 0 Å². The maximum Gasteiger partial charge on any atom is 0.303 e. The first-order valence-electron chi connectivity index (χ1n) is 18.1. The molecule has 53 heavy (non-hydrogen) atoms. The molecule has 6 heteroatoms. The minimum absolute atomic E-state index is 0.0349. The Kier molecular flexibility index (Phi) is 6.99. The van der Waals surface area contributed by atoms with E-state index in [2.05, 4.69) is 97.1 Å². The van der Waals surface area contributed by atoms with Crippen molar-refractivity contribution in [3.05, 3.63) is 156 Å². The van der Waals surface area contributed by atoms with Gasteiger partial charge in [0.15, 0.2) is 0 Å². The summed E-state index contributed by atoms with van der Waals surface area (Å²) < 4.78 is 5.57. The fraction of sp³-hybridized carbons (Fsp3) is 0.149. The van der Waals surface area contributed by atoms with Crippen LogP contribution in [0.2, 0.25) is 0 Å². The number of hydrogen-bond acceptors (Lipinski definition) is 5. The number of carbonyl (C=O) groups is 2. The second-order valence-corrected chi connectivity index (χ2v) is 14.5. The van der Waals surface area contributed by atoms with Gasteiger partial charge < -0.3 is 9.84 Å². The molecule has 2 heterocycles. The summed E-state index contributed by atoms with van der Waals surface area (Å²) in [5, 5.41) is 16.8. The summed E-state index contributed by atoms with van der Waals surface area (Å²) in [6, 6.07) is 46.4. The van der Waals surface area contributed by atoms with Gasteiger partial charge in [0, 0.05) is 39.2 Å². The molecule has 0 amide bonds. The number of pyridine rings is 2. The highest BCUT2D eigenvalue weighted by Crippen LogP contribution is 2.63. The topological polar surface area (TPSA) is 89.4 Å². The zero-order valence-electron chi connectivity index (χ0n) is 28.9. The number of fused-ring (bicyclic) bond motifs is 12. The van der Waals surface area contributed by atoms with E-state index in [1.165, 1.54) is 0 Å². The average molecular weight is 691 g/mol. The number of para-hydroxylation sites is 2. The second kappa shape index (κ2) is 11.8. The lowest BCUT2D eigenvalue weighted by molar-refractivity contribution is -0.137. The molecule has 2 aliphatic carbocycles. The first-order valence-corrected chi connectivity index (χ1v) is 18.1. The molecule has 0 radical (unpaired) electrons. The van der Waals surface area contributed by atoms with Crippen molar-refractivity contribution in [2.45, 2.75) is 36.5 Å². The Balaban J connectivity index is 1.34. The van der Waals surface area contributed by atoms with Gasteiger partial charge in [-0.1, -0.05) is 109 Å². The summed E-state index contributed by atoms with van der Waals surface area (Å²) in [5.74, 6) is -0.849. The summed E-state index contributed by atoms with van der Waals surface area (Å²) in [6.07, 6.45) is 1.33. The van der Waals surface area contributed by atoms with Crippen LogP contribution in [0.5, 0.6) is 0 Å². The van der Waals surface area contributed by atoms with Crippen LogP contribution in [0.1, 0.15) is 47.9 Å². The van der Waals surface area contributed by atoms with Crippen LogP contribution in [0.4, 0.5) is 0 Å². The van der Waals surface area contributed by atoms with Crippen LogP contribution in [0.3, 0.4) is 0 Å². The predicted molar refractivity (Wildman–Crippen MR) is 209 cm³/mol. The largest absolute Gasteiger partial charge is 0.481 e. The van der Waals surface area contributed by atoms with Crippen molar-refractivity contribution in [2.75, 3.05) is 6.61 Å². The van der Waals surface area contributed by atoms with E-state index in [1.54, 1.807) is 0 Å². The van der Waals surface area contributed by atoms with Gasteiger partial charge in [0.25, 0.3) is 6.47 Å². The fourth-order valence-corrected chi connectivity index (χ4v) is 9.70. The molecular weight excluding hydrogens is 657 g/mol. The van der Waals surface area contributed by atoms with Crippen LogP contribution in [0.15, 0.2) is 133 Å². The number of nitrogens with zero attached hydrogens (tertiary/aromatic N) is 2. The van der Waals surface area contributed by atoms with Gasteiger partial charge in [0.05, 0.1) is 29.0 Å². The molecule has 2 aliphatic rings. The number of aromatic nitrogens is 2. The summed E-state index contributed by atoms with van der Waals surface area (Å²) in [7, 11) is 0. The molecule has 6 nitrogen and oxygen atoms in total. The highest BCUT2D eigenvalue weighted by Gasteiger charge is 2.54. The van der Waals surface area contributed by atoms with Crippen molar-refractivity contribution in [1.82, 2.24) is 9.97 Å². The van der Waals surface area contributed by atoms with Crippen molar-refractivity contribution >= 4 is 55.8 Å². The minimum atomic E-state index is -0.849. The maximum atomic E-state index is 12.7. The van der Waals surface area contributed by atoms with Crippen LogP contribution < -0.4 is 0 Å². The third-order valence-corrected chi connectivity index (χ3v) is 11.9. The van der Waals surface area contributed by atoms with Crippen LogP contribution in [-0.4, -0.2) is 34.1 Å². The molecular formula is C47H34N2O4. The summed E-state index contributed by atoms with van der Waals surface area (Å²) in [5.41, 5.74) is 8.55. The van der Waals surface area contributed by atoms with E-state index in [0.29, 0.717) is 25.7 Å². The Labute approximate surface area is 305 Å². The smallest absolute Gasteiger partial charge is 0.303 e. The number of hydrogen-bond donors (Lipinski definition) is 1. The minimum Gasteiger partial charge on any atom is -0.481 e. The maximum absolute atomic E-state index is 12.7. The lowest BCUT2D eigenvalue weighted by atomic mass is 9.60. The van der Waals surface area contributed by atoms with Gasteiger partial charge in [-0.05, 0) is 87.3 Å². The number of carboxylic acids is 1. The first-order chi connectivity index (χ1) is 26.0. The Bertz CT molecular complexity index is 2830. The number of aliphatic carboxylic acids is 1. The standard InChI is InChI=1S/C47H34N2O4/c50-28-53-24-23-47(36-20-18-30-10-2-6-14-34(30)43(36)45-38(47)26-32-12-4-8-16-40(32)49-45)27-46(22-21-41(51)52)35-19-17-29-9-1-5-13-33(29)42(35)44-37(46)25-31-11-3-7-15-39(31)48-44/h1-20,25-26,28H,21-24,27H2,(H,51,52). The highest BCUT2D eigenvalue weighted by atomic mass is 16.5. The molecule has 0 aliphatic heterocycles. The third-order valence-electron chi connectivity index (χ3n) is 11.9. The second-order valence-electron chi connectivity index (χ2n) is 14.5. The molecule has 256 valence electrons. The molecule has 0 saturated carbocycles. The number of benzene rings is 6. The summed E-state index contributed by atoms with van der Waals surface area (Å²) in [4.78, 5) is 35.2. The zero-order valence-corrected chi connectivity index (χ0v) is 28.9. The van der Waals surface area contributed by atoms with E-state index in [9.17, 15) is 14.7 Å². The fourth-order valence-electron chi connectivity index (χ4n) is 9.70. The van der Waals surface area contributed by atoms with E-state index >= 15 is 0 Å². The van der Waals surface area contributed by atoms with Crippen molar-refractivity contribution < 1.29 is 19.4 Å². The average Bonchev–Trinajstić information content (AvgIpc) is 3.61. The Morgan fingerprint density at radius 3 is 1.57 bits per heavy atom. The Morgan fingerprint density at radius 1 is 0.585 bits per heavy atom. The molecule has 1 N–H and O–H groups in total. The molecule has 10 rings (SSSR count). The quantitative estimate of drug-likeness (QED) is 0.120. The van der Waals surface area contributed by atoms with Gasteiger partial charge in [0.1, 0.15) is 0 Å². The Hall–Kier alpha value is -6.40. The molecule has 0 saturated heterocycles. The van der Waals surface area contributed by atoms with Gasteiger partial charge in [-0.3, -0.25) is 9.59 Å². The normalized spacial score (nSPS) is 18.2. The van der Waals surface area contributed by atoms with E-state index in [4.69, 9.17) is 14.7 Å². The molecule has 2 aromatic heterocycles. The van der Waals surface area contributed by atoms with Crippen molar-refractivity contribution in [1.29, 1.82) is 0 Å². The molecule has 0 bridgehead atoms. The monoisotopic (exact) mass is 690 g/mol. The van der Waals surface area contributed by atoms with Crippen LogP contribution in [-0.2, 0) is 25.2 Å². The molecule has 6 aromatic carbocycles. The Morgan fingerprint density at radius 2 is 1.06 bits per heavy atom. The first kappa shape index (κ1) is 31.3. The number of carbonyl (C=O) groups excluding carboxylic acids is 1. The van der Waals surface area contributed by atoms with Crippen molar-refractivity contribution in [2.24, 2.45) is 0 Å². The number of ether oxygens (including phenoxy) is 1. The van der Waals surface area contributed by atoms with E-state index in [0.717, 1.165) is 88.1 Å². The molecule has 0 spiro atoms. The predicted octanol–water partition coefficient (Wildman–Crippen LogP) is 10.1. The van der Waals surface area contributed by atoms with Gasteiger partial charge in [-0.2, -0.15) is 0 Å². The molecule has 2 atom stereocenters. The van der Waals surface area contributed by atoms with E-state index < -0.39 is 16.8 Å². The van der Waals surface area contributed by atoms with Crippen LogP contribution >= 0.6 is 0 Å². The number of carboxylic acid groups (broad SMARTS) is 1. The molecule has 0 fully saturated rings. The van der Waals surface area contributed by atoms with E-state index in [1.807, 2.05) is 36.4 Å². The lowest BCUT2D eigenvalue weighted by Gasteiger charge is -2.42. The van der Waals surface area contributed by atoms with Crippen molar-refractivity contribution in [3.63, 3.8) is 0 Å². The summed E-state index contributed by atoms with van der Waals surface area (Å²) in [6.45, 7) is 0.705. The SMILES string of the molecule is O=COCCC1(CC2(CCC(=O)O)c3cc4ccccc4nc3-c3c2ccc2ccccc32)c2cc3ccccc3nc2-c2c1ccc1ccccc21. The summed E-state index contributed by atoms with van der Waals surface area (Å²) >= 11 is 0. The zero-order chi connectivity index (χ0) is 35.7. The van der Waals surface area contributed by atoms with Crippen LogP contribution in [0, 0.1) is 0 Å². The van der Waals surface area contributed by atoms with Gasteiger partial charge >= 0.3 is 5.97 Å². The molecule has 2 unspecified atom stereocenters. The van der Waals surface area contributed by atoms with Gasteiger partial charge in [0.2, 0.25) is 0 Å². The highest BCUT2D eigenvalue weighted by molar-refractivity contribution is 6.05. The molecule has 8 aromatic rings. The van der Waals surface area contributed by atoms with Crippen LogP contribution in [0.25, 0.3) is 65.9 Å². The lowest BCUT2D eigenvalue weighted by Crippen LogP contribution is -2.39. The number of rotatable bonds is 9. The van der Waals surface area contributed by atoms with Gasteiger partial charge in [-0.25, -0.2) is 9.97 Å². The third kappa shape index (κ3) is 4.58. The van der Waals surface area contributed by atoms with Crippen molar-refractivity contribution in [3.8, 4) is 22.5 Å². The van der Waals surface area contributed by atoms with E-state index in [-0.39, 0.29) is 13.0 Å².